The molecular weight excluding hydrogens is 276 g/mol. The van der Waals surface area contributed by atoms with Crippen LogP contribution in [-0.4, -0.2) is 52.2 Å². The molecule has 0 amide bonds. The molecule has 0 unspecified atom stereocenters. The van der Waals surface area contributed by atoms with Crippen molar-refractivity contribution in [3.63, 3.8) is 0 Å². The fraction of sp³-hybridized carbons (Fsp3) is 0.357. The molecule has 2 heterocycles. The summed E-state index contributed by atoms with van der Waals surface area (Å²) in [5.74, 6) is -1.42. The number of aliphatic hydroxyl groups excluding tert-OH is 1. The summed E-state index contributed by atoms with van der Waals surface area (Å²) in [5, 5.41) is 9.45. The second-order valence-electron chi connectivity index (χ2n) is 4.82. The van der Waals surface area contributed by atoms with E-state index in [4.69, 9.17) is 4.74 Å². The minimum Gasteiger partial charge on any atom is -0.461 e. The number of hydrogen-bond donors (Lipinski definition) is 2. The number of hydrogen-bond acceptors (Lipinski definition) is 6. The Morgan fingerprint density at radius 1 is 1.43 bits per heavy atom. The van der Waals surface area contributed by atoms with E-state index in [9.17, 15) is 19.5 Å². The fourth-order valence-corrected chi connectivity index (χ4v) is 2.43. The minimum atomic E-state index is -0.690. The van der Waals surface area contributed by atoms with Crippen LogP contribution in [0, 0.1) is 0 Å². The van der Waals surface area contributed by atoms with Gasteiger partial charge >= 0.3 is 5.97 Å². The molecule has 7 heteroatoms. The predicted molar refractivity (Wildman–Crippen MR) is 71.0 cm³/mol. The number of ketones is 2. The van der Waals surface area contributed by atoms with Crippen LogP contribution in [0.2, 0.25) is 0 Å². The lowest BCUT2D eigenvalue weighted by Gasteiger charge is -2.13. The summed E-state index contributed by atoms with van der Waals surface area (Å²) in [6.07, 6.45) is 1.26. The van der Waals surface area contributed by atoms with Crippen LogP contribution in [0.25, 0.3) is 0 Å². The smallest absolute Gasteiger partial charge is 0.355 e. The Bertz CT molecular complexity index is 682. The molecule has 2 N–H and O–H groups in total. The van der Waals surface area contributed by atoms with Crippen LogP contribution >= 0.6 is 0 Å². The fourth-order valence-electron chi connectivity index (χ4n) is 2.43. The SMILES string of the molecule is CCOC(=O)c1[nH]c2c(c1CO)C(=O)C=C(N1CC1)C2=O. The number of allylic oxidation sites excluding steroid dienone is 2. The molecule has 1 aliphatic heterocycles. The van der Waals surface area contributed by atoms with Crippen molar-refractivity contribution in [2.75, 3.05) is 19.7 Å². The first-order valence-electron chi connectivity index (χ1n) is 6.67. The molecule has 0 aromatic carbocycles. The van der Waals surface area contributed by atoms with E-state index < -0.39 is 12.6 Å². The first kappa shape index (κ1) is 13.6. The van der Waals surface area contributed by atoms with Gasteiger partial charge in [-0.15, -0.1) is 0 Å². The van der Waals surface area contributed by atoms with Crippen LogP contribution in [0.4, 0.5) is 0 Å². The monoisotopic (exact) mass is 290 g/mol. The third-order valence-corrected chi connectivity index (χ3v) is 3.50. The van der Waals surface area contributed by atoms with E-state index >= 15 is 0 Å². The van der Waals surface area contributed by atoms with Gasteiger partial charge in [-0.1, -0.05) is 0 Å². The number of rotatable bonds is 4. The standard InChI is InChI=1S/C14H14N2O5/c1-2-21-14(20)11-7(6-17)10-9(18)5-8(16-3-4-16)13(19)12(10)15-11/h5,15,17H,2-4,6H2,1H3. The Morgan fingerprint density at radius 2 is 2.14 bits per heavy atom. The molecule has 3 rings (SSSR count). The Balaban J connectivity index is 2.09. The lowest BCUT2D eigenvalue weighted by Crippen LogP contribution is -2.21. The van der Waals surface area contributed by atoms with Gasteiger partial charge in [0.1, 0.15) is 11.4 Å². The van der Waals surface area contributed by atoms with Gasteiger partial charge in [0, 0.05) is 24.7 Å². The average molecular weight is 290 g/mol. The molecule has 1 aromatic rings. The Morgan fingerprint density at radius 3 is 2.71 bits per heavy atom. The number of esters is 1. The topological polar surface area (TPSA) is 99.5 Å². The summed E-state index contributed by atoms with van der Waals surface area (Å²) >= 11 is 0. The van der Waals surface area contributed by atoms with E-state index in [0.29, 0.717) is 5.70 Å². The van der Waals surface area contributed by atoms with Gasteiger partial charge in [-0.3, -0.25) is 9.59 Å². The van der Waals surface area contributed by atoms with Crippen molar-refractivity contribution in [3.05, 3.63) is 34.3 Å². The van der Waals surface area contributed by atoms with Crippen molar-refractivity contribution in [3.8, 4) is 0 Å². The molecular formula is C14H14N2O5. The predicted octanol–water partition coefficient (Wildman–Crippen LogP) is 0.262. The van der Waals surface area contributed by atoms with Crippen LogP contribution in [0.1, 0.15) is 43.8 Å². The van der Waals surface area contributed by atoms with Gasteiger partial charge < -0.3 is 19.7 Å². The lowest BCUT2D eigenvalue weighted by atomic mass is 9.95. The van der Waals surface area contributed by atoms with Gasteiger partial charge in [0.2, 0.25) is 5.78 Å². The number of aliphatic hydroxyl groups is 1. The highest BCUT2D eigenvalue weighted by molar-refractivity contribution is 6.25. The highest BCUT2D eigenvalue weighted by atomic mass is 16.5. The quantitative estimate of drug-likeness (QED) is 0.609. The molecule has 0 bridgehead atoms. The molecule has 1 aliphatic carbocycles. The molecule has 0 spiro atoms. The van der Waals surface area contributed by atoms with Crippen LogP contribution < -0.4 is 0 Å². The molecule has 1 aromatic heterocycles. The molecule has 0 atom stereocenters. The van der Waals surface area contributed by atoms with Crippen LogP contribution in [-0.2, 0) is 11.3 Å². The number of H-pyrrole nitrogens is 1. The maximum atomic E-state index is 12.4. The molecule has 0 radical (unpaired) electrons. The molecule has 7 nitrogen and oxygen atoms in total. The zero-order chi connectivity index (χ0) is 15.1. The van der Waals surface area contributed by atoms with Crippen molar-refractivity contribution in [2.24, 2.45) is 0 Å². The Labute approximate surface area is 120 Å². The summed E-state index contributed by atoms with van der Waals surface area (Å²) in [6.45, 7) is 2.76. The van der Waals surface area contributed by atoms with Gasteiger partial charge in [-0.25, -0.2) is 4.79 Å². The number of ether oxygens (including phenoxy) is 1. The molecule has 2 aliphatic rings. The molecule has 1 fully saturated rings. The number of aromatic amines is 1. The van der Waals surface area contributed by atoms with E-state index in [1.165, 1.54) is 6.08 Å². The maximum Gasteiger partial charge on any atom is 0.355 e. The number of aromatic nitrogens is 1. The van der Waals surface area contributed by atoms with Crippen LogP contribution in [0.3, 0.4) is 0 Å². The second-order valence-corrected chi connectivity index (χ2v) is 4.82. The van der Waals surface area contributed by atoms with Crippen LogP contribution in [0.15, 0.2) is 11.8 Å². The number of Topliss-reactive ketones (excluding diaryl/α,β-unsaturated/α-hetero) is 1. The first-order valence-corrected chi connectivity index (χ1v) is 6.67. The van der Waals surface area contributed by atoms with Gasteiger partial charge in [-0.2, -0.15) is 0 Å². The highest BCUT2D eigenvalue weighted by Crippen LogP contribution is 2.30. The van der Waals surface area contributed by atoms with Crippen LogP contribution in [0.5, 0.6) is 0 Å². The van der Waals surface area contributed by atoms with E-state index in [-0.39, 0.29) is 40.7 Å². The molecule has 0 saturated carbocycles. The first-order chi connectivity index (χ1) is 10.1. The van der Waals surface area contributed by atoms with Crippen molar-refractivity contribution in [1.29, 1.82) is 0 Å². The molecule has 1 saturated heterocycles. The zero-order valence-electron chi connectivity index (χ0n) is 11.4. The van der Waals surface area contributed by atoms with Crippen molar-refractivity contribution < 1.29 is 24.2 Å². The number of carbonyl (C=O) groups is 3. The number of carbonyl (C=O) groups excluding carboxylic acids is 3. The van der Waals surface area contributed by atoms with Gasteiger partial charge in [0.25, 0.3) is 0 Å². The molecule has 21 heavy (non-hydrogen) atoms. The van der Waals surface area contributed by atoms with Gasteiger partial charge in [0.15, 0.2) is 5.78 Å². The van der Waals surface area contributed by atoms with Gasteiger partial charge in [-0.05, 0) is 6.92 Å². The number of nitrogens with one attached hydrogen (secondary N) is 1. The number of nitrogens with zero attached hydrogens (tertiary/aromatic N) is 1. The zero-order valence-corrected chi connectivity index (χ0v) is 11.4. The second kappa shape index (κ2) is 4.85. The van der Waals surface area contributed by atoms with Gasteiger partial charge in [0.05, 0.1) is 24.5 Å². The summed E-state index contributed by atoms with van der Waals surface area (Å²) in [4.78, 5) is 40.9. The van der Waals surface area contributed by atoms with E-state index in [0.717, 1.165) is 13.1 Å². The Hall–Kier alpha value is -2.41. The average Bonchev–Trinajstić information content (AvgIpc) is 3.21. The molecule has 110 valence electrons. The normalized spacial score (nSPS) is 16.7. The summed E-state index contributed by atoms with van der Waals surface area (Å²) in [7, 11) is 0. The third-order valence-electron chi connectivity index (χ3n) is 3.50. The highest BCUT2D eigenvalue weighted by Gasteiger charge is 2.37. The van der Waals surface area contributed by atoms with E-state index in [1.807, 2.05) is 0 Å². The van der Waals surface area contributed by atoms with Crippen molar-refractivity contribution in [2.45, 2.75) is 13.5 Å². The number of fused-ring (bicyclic) bond motifs is 1. The third kappa shape index (κ3) is 2.06. The van der Waals surface area contributed by atoms with E-state index in [1.54, 1.807) is 11.8 Å². The lowest BCUT2D eigenvalue weighted by molar-refractivity contribution is 0.0516. The maximum absolute atomic E-state index is 12.4. The Kier molecular flexibility index (Phi) is 3.13. The van der Waals surface area contributed by atoms with Crippen molar-refractivity contribution in [1.82, 2.24) is 9.88 Å². The summed E-state index contributed by atoms with van der Waals surface area (Å²) < 4.78 is 4.87. The summed E-state index contributed by atoms with van der Waals surface area (Å²) in [6, 6.07) is 0. The largest absolute Gasteiger partial charge is 0.461 e. The summed E-state index contributed by atoms with van der Waals surface area (Å²) in [5.41, 5.74) is 0.524. The van der Waals surface area contributed by atoms with Crippen molar-refractivity contribution >= 4 is 17.5 Å². The minimum absolute atomic E-state index is 0.0357. The van der Waals surface area contributed by atoms with E-state index in [2.05, 4.69) is 4.98 Å².